The molecule has 0 bridgehead atoms. The number of rotatable bonds is 9. The Labute approximate surface area is 121 Å². The van der Waals surface area contributed by atoms with E-state index >= 15 is 0 Å². The molecule has 19 heavy (non-hydrogen) atoms. The number of hydrogen-bond acceptors (Lipinski definition) is 5. The third-order valence-corrected chi connectivity index (χ3v) is 3.22. The topological polar surface area (TPSA) is 73.2 Å². The molecule has 0 saturated carbocycles. The maximum absolute atomic E-state index is 9.88. The predicted octanol–water partition coefficient (Wildman–Crippen LogP) is 0.475. The summed E-state index contributed by atoms with van der Waals surface area (Å²) in [5.74, 6) is 0.678. The van der Waals surface area contributed by atoms with Gasteiger partial charge in [-0.3, -0.25) is 4.90 Å². The van der Waals surface area contributed by atoms with Crippen molar-refractivity contribution in [3.8, 4) is 5.75 Å². The van der Waals surface area contributed by atoms with Crippen LogP contribution in [0.4, 0.5) is 0 Å². The number of ether oxygens (including phenoxy) is 1. The highest BCUT2D eigenvalue weighted by molar-refractivity contribution is 9.10. The number of benzene rings is 1. The molecule has 1 unspecified atom stereocenters. The summed E-state index contributed by atoms with van der Waals surface area (Å²) in [7, 11) is 0. The van der Waals surface area contributed by atoms with E-state index in [1.807, 2.05) is 24.3 Å². The molecule has 0 spiro atoms. The van der Waals surface area contributed by atoms with Crippen molar-refractivity contribution in [2.24, 2.45) is 0 Å². The number of aliphatic hydroxyl groups is 3. The van der Waals surface area contributed by atoms with Crippen molar-refractivity contribution in [1.82, 2.24) is 4.90 Å². The zero-order valence-electron chi connectivity index (χ0n) is 10.7. The summed E-state index contributed by atoms with van der Waals surface area (Å²) in [6.07, 6.45) is -0.676. The Morgan fingerprint density at radius 1 is 1.16 bits per heavy atom. The monoisotopic (exact) mass is 333 g/mol. The molecule has 0 radical (unpaired) electrons. The first kappa shape index (κ1) is 16.4. The second-order valence-electron chi connectivity index (χ2n) is 4.14. The third-order valence-electron chi connectivity index (χ3n) is 2.57. The summed E-state index contributed by atoms with van der Waals surface area (Å²) in [6, 6.07) is 7.43. The first-order valence-corrected chi connectivity index (χ1v) is 6.96. The fourth-order valence-corrected chi connectivity index (χ4v) is 2.07. The van der Waals surface area contributed by atoms with Crippen LogP contribution in [0.15, 0.2) is 28.7 Å². The van der Waals surface area contributed by atoms with Crippen LogP contribution in [0.1, 0.15) is 0 Å². The molecule has 1 rings (SSSR count). The molecule has 0 aliphatic rings. The Bertz CT molecular complexity index is 358. The summed E-state index contributed by atoms with van der Waals surface area (Å²) in [6.45, 7) is 1.36. The van der Waals surface area contributed by atoms with Crippen LogP contribution in [0.5, 0.6) is 5.75 Å². The number of halogens is 1. The van der Waals surface area contributed by atoms with Gasteiger partial charge in [-0.2, -0.15) is 0 Å². The molecular weight excluding hydrogens is 314 g/mol. The van der Waals surface area contributed by atoms with Gasteiger partial charge in [-0.1, -0.05) is 12.1 Å². The molecule has 0 aliphatic carbocycles. The van der Waals surface area contributed by atoms with Crippen LogP contribution in [-0.4, -0.2) is 65.8 Å². The lowest BCUT2D eigenvalue weighted by molar-refractivity contribution is 0.0550. The summed E-state index contributed by atoms with van der Waals surface area (Å²) in [5, 5.41) is 27.6. The Hall–Kier alpha value is -0.660. The average Bonchev–Trinajstić information content (AvgIpc) is 2.38. The molecule has 3 N–H and O–H groups in total. The number of hydrogen-bond donors (Lipinski definition) is 3. The normalized spacial score (nSPS) is 12.7. The van der Waals surface area contributed by atoms with Gasteiger partial charge in [-0.25, -0.2) is 0 Å². The van der Waals surface area contributed by atoms with Crippen molar-refractivity contribution in [2.75, 3.05) is 39.5 Å². The third kappa shape index (κ3) is 6.35. The first-order chi connectivity index (χ1) is 9.17. The zero-order valence-corrected chi connectivity index (χ0v) is 12.3. The van der Waals surface area contributed by atoms with Gasteiger partial charge in [0.05, 0.1) is 17.7 Å². The molecular formula is C13H20BrNO4. The molecule has 6 heteroatoms. The van der Waals surface area contributed by atoms with Gasteiger partial charge in [0.1, 0.15) is 18.5 Å². The van der Waals surface area contributed by atoms with E-state index in [0.29, 0.717) is 25.4 Å². The van der Waals surface area contributed by atoms with E-state index in [-0.39, 0.29) is 19.8 Å². The van der Waals surface area contributed by atoms with Gasteiger partial charge in [0.15, 0.2) is 0 Å². The Balaban J connectivity index is 2.38. The second-order valence-corrected chi connectivity index (χ2v) is 5.00. The summed E-state index contributed by atoms with van der Waals surface area (Å²) in [5.41, 5.74) is 0. The number of aliphatic hydroxyl groups excluding tert-OH is 3. The van der Waals surface area contributed by atoms with Gasteiger partial charge in [0, 0.05) is 19.6 Å². The molecule has 1 aromatic rings. The largest absolute Gasteiger partial charge is 0.490 e. The molecule has 0 aromatic heterocycles. The lowest BCUT2D eigenvalue weighted by Gasteiger charge is -2.23. The van der Waals surface area contributed by atoms with Gasteiger partial charge in [0.2, 0.25) is 0 Å². The van der Waals surface area contributed by atoms with Crippen LogP contribution < -0.4 is 4.74 Å². The molecule has 1 atom stereocenters. The van der Waals surface area contributed by atoms with Gasteiger partial charge >= 0.3 is 0 Å². The van der Waals surface area contributed by atoms with Gasteiger partial charge in [0.25, 0.3) is 0 Å². The van der Waals surface area contributed by atoms with E-state index in [2.05, 4.69) is 15.9 Å². The summed E-state index contributed by atoms with van der Waals surface area (Å²) >= 11 is 3.36. The molecule has 0 saturated heterocycles. The summed E-state index contributed by atoms with van der Waals surface area (Å²) < 4.78 is 6.34. The molecule has 0 fully saturated rings. The van der Waals surface area contributed by atoms with Crippen molar-refractivity contribution in [2.45, 2.75) is 6.10 Å². The number of nitrogens with zero attached hydrogens (tertiary/aromatic N) is 1. The van der Waals surface area contributed by atoms with Crippen LogP contribution in [-0.2, 0) is 0 Å². The van der Waals surface area contributed by atoms with Crippen molar-refractivity contribution in [3.63, 3.8) is 0 Å². The lowest BCUT2D eigenvalue weighted by Crippen LogP contribution is -2.38. The minimum absolute atomic E-state index is 0.00217. The van der Waals surface area contributed by atoms with E-state index in [1.165, 1.54) is 0 Å². The molecule has 0 amide bonds. The second kappa shape index (κ2) is 9.28. The minimum atomic E-state index is -0.676. The first-order valence-electron chi connectivity index (χ1n) is 6.16. The van der Waals surface area contributed by atoms with E-state index < -0.39 is 6.10 Å². The highest BCUT2D eigenvalue weighted by Gasteiger charge is 2.12. The molecule has 0 heterocycles. The summed E-state index contributed by atoms with van der Waals surface area (Å²) in [4.78, 5) is 1.79. The highest BCUT2D eigenvalue weighted by Crippen LogP contribution is 2.23. The van der Waals surface area contributed by atoms with E-state index in [4.69, 9.17) is 14.9 Å². The van der Waals surface area contributed by atoms with E-state index in [0.717, 1.165) is 4.47 Å². The highest BCUT2D eigenvalue weighted by atomic mass is 79.9. The van der Waals surface area contributed by atoms with Crippen LogP contribution >= 0.6 is 15.9 Å². The average molecular weight is 334 g/mol. The van der Waals surface area contributed by atoms with Crippen molar-refractivity contribution in [3.05, 3.63) is 28.7 Å². The predicted molar refractivity (Wildman–Crippen MR) is 76.3 cm³/mol. The van der Waals surface area contributed by atoms with Crippen LogP contribution in [0, 0.1) is 0 Å². The van der Waals surface area contributed by atoms with Gasteiger partial charge in [-0.15, -0.1) is 0 Å². The van der Waals surface area contributed by atoms with Crippen LogP contribution in [0.2, 0.25) is 0 Å². The fraction of sp³-hybridized carbons (Fsp3) is 0.538. The Kier molecular flexibility index (Phi) is 8.00. The maximum atomic E-state index is 9.88. The SMILES string of the molecule is OCCN(CCO)CC(O)COc1ccccc1Br. The standard InChI is InChI=1S/C13H20BrNO4/c14-12-3-1-2-4-13(12)19-10-11(18)9-15(5-7-16)6-8-17/h1-4,11,16-18H,5-10H2. The van der Waals surface area contributed by atoms with E-state index in [9.17, 15) is 5.11 Å². The minimum Gasteiger partial charge on any atom is -0.490 e. The molecule has 0 aliphatic heterocycles. The Morgan fingerprint density at radius 3 is 2.37 bits per heavy atom. The van der Waals surface area contributed by atoms with Crippen molar-refractivity contribution in [1.29, 1.82) is 0 Å². The molecule has 108 valence electrons. The zero-order chi connectivity index (χ0) is 14.1. The van der Waals surface area contributed by atoms with Gasteiger partial charge < -0.3 is 20.1 Å². The molecule has 5 nitrogen and oxygen atoms in total. The van der Waals surface area contributed by atoms with Crippen LogP contribution in [0.3, 0.4) is 0 Å². The van der Waals surface area contributed by atoms with E-state index in [1.54, 1.807) is 4.90 Å². The lowest BCUT2D eigenvalue weighted by atomic mass is 10.3. The van der Waals surface area contributed by atoms with Crippen molar-refractivity contribution >= 4 is 15.9 Å². The van der Waals surface area contributed by atoms with Crippen LogP contribution in [0.25, 0.3) is 0 Å². The quantitative estimate of drug-likeness (QED) is 0.613. The smallest absolute Gasteiger partial charge is 0.133 e. The maximum Gasteiger partial charge on any atom is 0.133 e. The Morgan fingerprint density at radius 2 is 1.79 bits per heavy atom. The number of para-hydroxylation sites is 1. The fourth-order valence-electron chi connectivity index (χ4n) is 1.68. The molecule has 1 aromatic carbocycles. The van der Waals surface area contributed by atoms with Gasteiger partial charge in [-0.05, 0) is 28.1 Å². The van der Waals surface area contributed by atoms with Crippen molar-refractivity contribution < 1.29 is 20.1 Å².